The van der Waals surface area contributed by atoms with Crippen LogP contribution in [0.4, 0.5) is 14.5 Å². The van der Waals surface area contributed by atoms with E-state index in [9.17, 15) is 27.3 Å². The standard InChI is InChI=1S/C6H4F2IN3O4S/c7-5(8)2-1-11-6(17(10,15)16)3(9)4(2)12(13)14/h1,5H,(H2,10,15,16). The number of aromatic nitrogens is 1. The molecule has 0 saturated carbocycles. The summed E-state index contributed by atoms with van der Waals surface area (Å²) in [6, 6.07) is 0. The fraction of sp³-hybridized carbons (Fsp3) is 0.167. The van der Waals surface area contributed by atoms with Crippen LogP contribution < -0.4 is 5.14 Å². The lowest BCUT2D eigenvalue weighted by Gasteiger charge is -2.06. The number of sulfonamides is 1. The van der Waals surface area contributed by atoms with Crippen LogP contribution >= 0.6 is 22.6 Å². The molecule has 0 bridgehead atoms. The molecule has 0 saturated heterocycles. The van der Waals surface area contributed by atoms with E-state index >= 15 is 0 Å². The zero-order valence-corrected chi connectivity index (χ0v) is 10.8. The molecule has 1 aromatic rings. The molecule has 0 unspecified atom stereocenters. The zero-order valence-electron chi connectivity index (χ0n) is 7.80. The van der Waals surface area contributed by atoms with Gasteiger partial charge in [-0.25, -0.2) is 27.3 Å². The fourth-order valence-corrected chi connectivity index (χ4v) is 3.13. The number of nitrogens with zero attached hydrogens (tertiary/aromatic N) is 2. The van der Waals surface area contributed by atoms with Gasteiger partial charge in [-0.2, -0.15) is 0 Å². The Bertz CT molecular complexity index is 577. The highest BCUT2D eigenvalue weighted by molar-refractivity contribution is 14.1. The van der Waals surface area contributed by atoms with Crippen LogP contribution in [0.1, 0.15) is 12.0 Å². The molecule has 1 rings (SSSR count). The largest absolute Gasteiger partial charge is 0.296 e. The average molecular weight is 379 g/mol. The molecule has 2 N–H and O–H groups in total. The van der Waals surface area contributed by atoms with Gasteiger partial charge in [0.2, 0.25) is 0 Å². The van der Waals surface area contributed by atoms with Gasteiger partial charge < -0.3 is 0 Å². The molecule has 0 radical (unpaired) electrons. The highest BCUT2D eigenvalue weighted by Crippen LogP contribution is 2.34. The summed E-state index contributed by atoms with van der Waals surface area (Å²) in [5.74, 6) is 0. The van der Waals surface area contributed by atoms with Crippen LogP contribution in [0.3, 0.4) is 0 Å². The van der Waals surface area contributed by atoms with Crippen LogP contribution in [-0.4, -0.2) is 18.3 Å². The molecule has 0 aliphatic carbocycles. The fourth-order valence-electron chi connectivity index (χ4n) is 1.02. The van der Waals surface area contributed by atoms with Gasteiger partial charge >= 0.3 is 0 Å². The first-order valence-electron chi connectivity index (χ1n) is 3.80. The Balaban J connectivity index is 3.67. The highest BCUT2D eigenvalue weighted by Gasteiger charge is 2.31. The summed E-state index contributed by atoms with van der Waals surface area (Å²) in [5, 5.41) is 14.6. The lowest BCUT2D eigenvalue weighted by atomic mass is 10.2. The van der Waals surface area contributed by atoms with E-state index in [0.717, 1.165) is 0 Å². The van der Waals surface area contributed by atoms with E-state index in [1.54, 1.807) is 0 Å². The third-order valence-electron chi connectivity index (χ3n) is 1.68. The average Bonchev–Trinajstić information content (AvgIpc) is 2.13. The van der Waals surface area contributed by atoms with Gasteiger partial charge in [-0.15, -0.1) is 0 Å². The predicted octanol–water partition coefficient (Wildman–Crippen LogP) is 1.18. The van der Waals surface area contributed by atoms with E-state index in [-0.39, 0.29) is 0 Å². The molecular formula is C6H4F2IN3O4S. The molecule has 11 heteroatoms. The monoisotopic (exact) mass is 379 g/mol. The number of alkyl halides is 2. The number of nitro groups is 1. The summed E-state index contributed by atoms with van der Waals surface area (Å²) < 4.78 is 46.4. The summed E-state index contributed by atoms with van der Waals surface area (Å²) in [5.41, 5.74) is -1.95. The van der Waals surface area contributed by atoms with Crippen molar-refractivity contribution in [2.45, 2.75) is 11.5 Å². The Hall–Kier alpha value is -0.950. The summed E-state index contributed by atoms with van der Waals surface area (Å²) in [6.45, 7) is 0. The first kappa shape index (κ1) is 14.1. The second-order valence-corrected chi connectivity index (χ2v) is 5.34. The number of rotatable bonds is 3. The van der Waals surface area contributed by atoms with Gasteiger partial charge in [0, 0.05) is 6.20 Å². The van der Waals surface area contributed by atoms with Crippen molar-refractivity contribution in [2.24, 2.45) is 5.14 Å². The van der Waals surface area contributed by atoms with Crippen molar-refractivity contribution in [3.63, 3.8) is 0 Å². The number of hydrogen-bond acceptors (Lipinski definition) is 5. The van der Waals surface area contributed by atoms with E-state index in [4.69, 9.17) is 5.14 Å². The topological polar surface area (TPSA) is 116 Å². The third kappa shape index (κ3) is 2.84. The summed E-state index contributed by atoms with van der Waals surface area (Å²) >= 11 is 1.24. The Morgan fingerprint density at radius 1 is 1.53 bits per heavy atom. The normalized spacial score (nSPS) is 11.8. The minimum atomic E-state index is -4.30. The van der Waals surface area contributed by atoms with Gasteiger partial charge in [0.25, 0.3) is 22.1 Å². The molecule has 1 aromatic heterocycles. The smallest absolute Gasteiger partial charge is 0.258 e. The van der Waals surface area contributed by atoms with Crippen molar-refractivity contribution in [1.82, 2.24) is 4.98 Å². The molecule has 17 heavy (non-hydrogen) atoms. The van der Waals surface area contributed by atoms with Crippen LogP contribution in [-0.2, 0) is 10.0 Å². The molecule has 94 valence electrons. The van der Waals surface area contributed by atoms with Crippen LogP contribution in [0.5, 0.6) is 0 Å². The Kier molecular flexibility index (Phi) is 3.93. The summed E-state index contributed by atoms with van der Waals surface area (Å²) in [6.07, 6.45) is -2.70. The molecule has 0 aliphatic rings. The number of halogens is 3. The van der Waals surface area contributed by atoms with Gasteiger partial charge in [-0.1, -0.05) is 0 Å². The molecule has 0 fully saturated rings. The van der Waals surface area contributed by atoms with E-state index in [1.165, 1.54) is 22.6 Å². The molecule has 0 aromatic carbocycles. The lowest BCUT2D eigenvalue weighted by Crippen LogP contribution is -2.17. The van der Waals surface area contributed by atoms with E-state index in [1.807, 2.05) is 0 Å². The van der Waals surface area contributed by atoms with Gasteiger partial charge in [0.05, 0.1) is 4.92 Å². The second kappa shape index (κ2) is 4.73. The van der Waals surface area contributed by atoms with Crippen LogP contribution in [0.15, 0.2) is 11.2 Å². The van der Waals surface area contributed by atoms with Crippen molar-refractivity contribution in [2.75, 3.05) is 0 Å². The Labute approximate surface area is 107 Å². The van der Waals surface area contributed by atoms with Gasteiger partial charge in [-0.3, -0.25) is 10.1 Å². The molecule has 0 atom stereocenters. The van der Waals surface area contributed by atoms with E-state index in [0.29, 0.717) is 6.20 Å². The number of hydrogen-bond donors (Lipinski definition) is 1. The predicted molar refractivity (Wildman–Crippen MR) is 59.9 cm³/mol. The van der Waals surface area contributed by atoms with Crippen molar-refractivity contribution in [1.29, 1.82) is 0 Å². The van der Waals surface area contributed by atoms with Gasteiger partial charge in [-0.05, 0) is 22.6 Å². The van der Waals surface area contributed by atoms with E-state index < -0.39 is 41.2 Å². The maximum Gasteiger partial charge on any atom is 0.296 e. The summed E-state index contributed by atoms with van der Waals surface area (Å²) in [7, 11) is -4.30. The quantitative estimate of drug-likeness (QED) is 0.481. The lowest BCUT2D eigenvalue weighted by molar-refractivity contribution is -0.387. The number of nitrogens with two attached hydrogens (primary N) is 1. The Morgan fingerprint density at radius 2 is 2.06 bits per heavy atom. The number of pyridine rings is 1. The molecular weight excluding hydrogens is 375 g/mol. The molecule has 0 spiro atoms. The van der Waals surface area contributed by atoms with Crippen molar-refractivity contribution in [3.8, 4) is 0 Å². The SMILES string of the molecule is NS(=O)(=O)c1ncc(C(F)F)c([N+](=O)[O-])c1I. The molecule has 0 amide bonds. The minimum absolute atomic E-state index is 0.435. The van der Waals surface area contributed by atoms with Crippen LogP contribution in [0.2, 0.25) is 0 Å². The first-order valence-corrected chi connectivity index (χ1v) is 6.42. The van der Waals surface area contributed by atoms with Crippen LogP contribution in [0, 0.1) is 13.7 Å². The molecule has 7 nitrogen and oxygen atoms in total. The number of primary sulfonamides is 1. The first-order chi connectivity index (χ1) is 7.66. The maximum atomic E-state index is 12.5. The van der Waals surface area contributed by atoms with E-state index in [2.05, 4.69) is 4.98 Å². The van der Waals surface area contributed by atoms with Gasteiger partial charge in [0.15, 0.2) is 5.03 Å². The summed E-state index contributed by atoms with van der Waals surface area (Å²) in [4.78, 5) is 12.7. The van der Waals surface area contributed by atoms with Crippen molar-refractivity contribution >= 4 is 38.3 Å². The maximum absolute atomic E-state index is 12.5. The van der Waals surface area contributed by atoms with Gasteiger partial charge in [0.1, 0.15) is 9.13 Å². The second-order valence-electron chi connectivity index (χ2n) is 2.78. The van der Waals surface area contributed by atoms with Crippen molar-refractivity contribution < 1.29 is 22.1 Å². The van der Waals surface area contributed by atoms with Crippen molar-refractivity contribution in [3.05, 3.63) is 25.4 Å². The zero-order chi connectivity index (χ0) is 13.4. The third-order valence-corrected chi connectivity index (χ3v) is 3.91. The minimum Gasteiger partial charge on any atom is -0.258 e. The molecule has 1 heterocycles. The highest BCUT2D eigenvalue weighted by atomic mass is 127. The molecule has 0 aliphatic heterocycles. The Morgan fingerprint density at radius 3 is 2.41 bits per heavy atom. The van der Waals surface area contributed by atoms with Crippen LogP contribution in [0.25, 0.3) is 0 Å².